The molecule has 0 bridgehead atoms. The molecule has 104 valence electrons. The molecule has 1 aromatic carbocycles. The molecule has 2 rings (SSSR count). The van der Waals surface area contributed by atoms with Crippen molar-refractivity contribution in [1.82, 2.24) is 9.88 Å². The van der Waals surface area contributed by atoms with Crippen LogP contribution < -0.4 is 0 Å². The van der Waals surface area contributed by atoms with Crippen molar-refractivity contribution >= 4 is 5.97 Å². The zero-order chi connectivity index (χ0) is 14.2. The number of hydrogen-bond acceptors (Lipinski definition) is 3. The molecule has 0 saturated heterocycles. The van der Waals surface area contributed by atoms with E-state index in [-0.39, 0.29) is 6.42 Å². The molecule has 0 aliphatic heterocycles. The predicted molar refractivity (Wildman–Crippen MR) is 77.0 cm³/mol. The normalized spacial score (nSPS) is 10.7. The molecule has 0 fully saturated rings. The van der Waals surface area contributed by atoms with Crippen molar-refractivity contribution in [3.8, 4) is 0 Å². The van der Waals surface area contributed by atoms with Gasteiger partial charge in [-0.3, -0.25) is 14.7 Å². The van der Waals surface area contributed by atoms with Gasteiger partial charge in [0.05, 0.1) is 6.42 Å². The summed E-state index contributed by atoms with van der Waals surface area (Å²) in [6, 6.07) is 14.0. The summed E-state index contributed by atoms with van der Waals surface area (Å²) in [5.74, 6) is -0.769. The van der Waals surface area contributed by atoms with E-state index in [1.54, 1.807) is 6.20 Å². The fraction of sp³-hybridized carbons (Fsp3) is 0.250. The van der Waals surface area contributed by atoms with E-state index >= 15 is 0 Å². The van der Waals surface area contributed by atoms with E-state index < -0.39 is 5.97 Å². The lowest BCUT2D eigenvalue weighted by molar-refractivity contribution is -0.137. The molecule has 2 aromatic rings. The Morgan fingerprint density at radius 2 is 1.75 bits per heavy atom. The van der Waals surface area contributed by atoms with Gasteiger partial charge in [0.2, 0.25) is 0 Å². The third-order valence-corrected chi connectivity index (χ3v) is 3.02. The van der Waals surface area contributed by atoms with Crippen LogP contribution in [0.4, 0.5) is 0 Å². The Morgan fingerprint density at radius 1 is 1.05 bits per heavy atom. The molecule has 4 heteroatoms. The van der Waals surface area contributed by atoms with Crippen molar-refractivity contribution in [2.75, 3.05) is 6.54 Å². The average molecular weight is 270 g/mol. The molecule has 0 aliphatic carbocycles. The summed E-state index contributed by atoms with van der Waals surface area (Å²) in [7, 11) is 0. The highest BCUT2D eigenvalue weighted by Crippen LogP contribution is 2.09. The Labute approximate surface area is 118 Å². The van der Waals surface area contributed by atoms with Crippen molar-refractivity contribution in [3.05, 3.63) is 66.0 Å². The number of pyridine rings is 1. The molecule has 0 aliphatic rings. The summed E-state index contributed by atoms with van der Waals surface area (Å²) in [4.78, 5) is 17.0. The number of rotatable bonds is 7. The number of hydrogen-bond donors (Lipinski definition) is 1. The first-order valence-electron chi connectivity index (χ1n) is 6.61. The molecule has 0 amide bonds. The topological polar surface area (TPSA) is 53.4 Å². The van der Waals surface area contributed by atoms with E-state index in [2.05, 4.69) is 22.0 Å². The second kappa shape index (κ2) is 7.40. The Morgan fingerprint density at radius 3 is 2.40 bits per heavy atom. The van der Waals surface area contributed by atoms with Crippen molar-refractivity contribution in [3.63, 3.8) is 0 Å². The minimum absolute atomic E-state index is 0.146. The molecule has 20 heavy (non-hydrogen) atoms. The summed E-state index contributed by atoms with van der Waals surface area (Å²) in [5, 5.41) is 8.86. The van der Waals surface area contributed by atoms with E-state index in [1.165, 1.54) is 5.56 Å². The second-order valence-electron chi connectivity index (χ2n) is 4.70. The Hall–Kier alpha value is -2.20. The van der Waals surface area contributed by atoms with Crippen LogP contribution in [0.25, 0.3) is 0 Å². The average Bonchev–Trinajstić information content (AvgIpc) is 2.47. The maximum atomic E-state index is 10.8. The number of carbonyl (C=O) groups is 1. The molecule has 0 radical (unpaired) electrons. The van der Waals surface area contributed by atoms with Gasteiger partial charge in [-0.25, -0.2) is 0 Å². The molecule has 1 aromatic heterocycles. The predicted octanol–water partition coefficient (Wildman–Crippen LogP) is 2.56. The van der Waals surface area contributed by atoms with Gasteiger partial charge in [-0.1, -0.05) is 36.4 Å². The third kappa shape index (κ3) is 4.82. The Bertz CT molecular complexity index is 487. The van der Waals surface area contributed by atoms with Crippen molar-refractivity contribution < 1.29 is 9.90 Å². The fourth-order valence-corrected chi connectivity index (χ4v) is 2.06. The van der Waals surface area contributed by atoms with Crippen LogP contribution in [0.15, 0.2) is 54.9 Å². The Balaban J connectivity index is 2.02. The van der Waals surface area contributed by atoms with E-state index in [9.17, 15) is 4.79 Å². The van der Waals surface area contributed by atoms with Crippen molar-refractivity contribution in [2.24, 2.45) is 0 Å². The standard InChI is InChI=1S/C16H18N2O2/c19-16(20)8-10-18(12-14-5-2-1-3-6-14)13-15-7-4-9-17-11-15/h1-7,9,11H,8,10,12-13H2,(H,19,20). The lowest BCUT2D eigenvalue weighted by atomic mass is 10.2. The molecule has 0 atom stereocenters. The Kier molecular flexibility index (Phi) is 5.26. The van der Waals surface area contributed by atoms with E-state index in [4.69, 9.17) is 5.11 Å². The molecule has 1 N–H and O–H groups in total. The van der Waals surface area contributed by atoms with Gasteiger partial charge >= 0.3 is 5.97 Å². The molecule has 4 nitrogen and oxygen atoms in total. The molecular formula is C16H18N2O2. The highest BCUT2D eigenvalue weighted by Gasteiger charge is 2.09. The number of benzene rings is 1. The van der Waals surface area contributed by atoms with Crippen LogP contribution in [0.5, 0.6) is 0 Å². The largest absolute Gasteiger partial charge is 0.481 e. The minimum Gasteiger partial charge on any atom is -0.481 e. The van der Waals surface area contributed by atoms with Crippen LogP contribution in [0.2, 0.25) is 0 Å². The zero-order valence-corrected chi connectivity index (χ0v) is 11.3. The van der Waals surface area contributed by atoms with E-state index in [1.807, 2.05) is 36.5 Å². The minimum atomic E-state index is -0.769. The van der Waals surface area contributed by atoms with Crippen molar-refractivity contribution in [2.45, 2.75) is 19.5 Å². The number of aliphatic carboxylic acids is 1. The number of carboxylic acid groups (broad SMARTS) is 1. The van der Waals surface area contributed by atoms with Crippen LogP contribution in [0, 0.1) is 0 Å². The van der Waals surface area contributed by atoms with Gasteiger partial charge in [0.1, 0.15) is 0 Å². The van der Waals surface area contributed by atoms with Gasteiger partial charge in [0.15, 0.2) is 0 Å². The van der Waals surface area contributed by atoms with Crippen LogP contribution in [0.1, 0.15) is 17.5 Å². The van der Waals surface area contributed by atoms with Gasteiger partial charge in [0, 0.05) is 32.0 Å². The van der Waals surface area contributed by atoms with Crippen molar-refractivity contribution in [1.29, 1.82) is 0 Å². The summed E-state index contributed by atoms with van der Waals surface area (Å²) in [5.41, 5.74) is 2.27. The highest BCUT2D eigenvalue weighted by molar-refractivity contribution is 5.66. The first-order valence-corrected chi connectivity index (χ1v) is 6.61. The maximum Gasteiger partial charge on any atom is 0.304 e. The number of nitrogens with zero attached hydrogens (tertiary/aromatic N) is 2. The lowest BCUT2D eigenvalue weighted by Crippen LogP contribution is -2.25. The third-order valence-electron chi connectivity index (χ3n) is 3.02. The SMILES string of the molecule is O=C(O)CCN(Cc1ccccc1)Cc1cccnc1. The molecule has 0 unspecified atom stereocenters. The van der Waals surface area contributed by atoms with Gasteiger partial charge in [-0.05, 0) is 17.2 Å². The number of aromatic nitrogens is 1. The first-order chi connectivity index (χ1) is 9.74. The second-order valence-corrected chi connectivity index (χ2v) is 4.70. The summed E-state index contributed by atoms with van der Waals surface area (Å²) >= 11 is 0. The van der Waals surface area contributed by atoms with Crippen LogP contribution in [-0.4, -0.2) is 27.5 Å². The summed E-state index contributed by atoms with van der Waals surface area (Å²) in [6.07, 6.45) is 3.70. The quantitative estimate of drug-likeness (QED) is 0.840. The van der Waals surface area contributed by atoms with Crippen LogP contribution >= 0.6 is 0 Å². The van der Waals surface area contributed by atoms with Gasteiger partial charge < -0.3 is 5.11 Å². The van der Waals surface area contributed by atoms with Gasteiger partial charge in [-0.2, -0.15) is 0 Å². The number of carboxylic acids is 1. The van der Waals surface area contributed by atoms with Gasteiger partial charge in [-0.15, -0.1) is 0 Å². The van der Waals surface area contributed by atoms with Crippen LogP contribution in [-0.2, 0) is 17.9 Å². The monoisotopic (exact) mass is 270 g/mol. The van der Waals surface area contributed by atoms with E-state index in [0.29, 0.717) is 13.1 Å². The summed E-state index contributed by atoms with van der Waals surface area (Å²) < 4.78 is 0. The summed E-state index contributed by atoms with van der Waals surface area (Å²) in [6.45, 7) is 1.97. The maximum absolute atomic E-state index is 10.8. The lowest BCUT2D eigenvalue weighted by Gasteiger charge is -2.21. The zero-order valence-electron chi connectivity index (χ0n) is 11.3. The van der Waals surface area contributed by atoms with Gasteiger partial charge in [0.25, 0.3) is 0 Å². The van der Waals surface area contributed by atoms with E-state index in [0.717, 1.165) is 12.1 Å². The molecule has 1 heterocycles. The molecule has 0 saturated carbocycles. The fourth-order valence-electron chi connectivity index (χ4n) is 2.06. The first kappa shape index (κ1) is 14.2. The van der Waals surface area contributed by atoms with Crippen LogP contribution in [0.3, 0.4) is 0 Å². The molecule has 0 spiro atoms. The highest BCUT2D eigenvalue weighted by atomic mass is 16.4. The smallest absolute Gasteiger partial charge is 0.304 e. The molecular weight excluding hydrogens is 252 g/mol.